The van der Waals surface area contributed by atoms with E-state index in [1.807, 2.05) is 12.1 Å². The quantitative estimate of drug-likeness (QED) is 0.330. The minimum atomic E-state index is -1.05. The fraction of sp³-hybridized carbons (Fsp3) is 0.182. The van der Waals surface area contributed by atoms with Crippen LogP contribution in [0.1, 0.15) is 23.6 Å². The van der Waals surface area contributed by atoms with Crippen molar-refractivity contribution >= 4 is 11.6 Å². The Bertz CT molecular complexity index is 1050. The first-order chi connectivity index (χ1) is 12.9. The average molecular weight is 391 g/mol. The van der Waals surface area contributed by atoms with E-state index >= 15 is 4.39 Å². The van der Waals surface area contributed by atoms with Crippen LogP contribution < -0.4 is 0 Å². The van der Waals surface area contributed by atoms with Crippen molar-refractivity contribution in [2.24, 2.45) is 0 Å². The predicted molar refractivity (Wildman–Crippen MR) is 98.9 cm³/mol. The van der Waals surface area contributed by atoms with Crippen LogP contribution in [0.25, 0.3) is 22.3 Å². The van der Waals surface area contributed by atoms with Crippen LogP contribution in [0.3, 0.4) is 0 Å². The normalized spacial score (nSPS) is 12.7. The van der Waals surface area contributed by atoms with Crippen molar-refractivity contribution in [2.45, 2.75) is 26.2 Å². The zero-order valence-electron chi connectivity index (χ0n) is 14.5. The number of halogens is 5. The summed E-state index contributed by atoms with van der Waals surface area (Å²) in [4.78, 5) is 0. The number of aryl methyl sites for hydroxylation is 2. The lowest BCUT2D eigenvalue weighted by Crippen LogP contribution is -2.09. The van der Waals surface area contributed by atoms with Gasteiger partial charge >= 0.3 is 0 Å². The number of hydrogen-bond donors (Lipinski definition) is 0. The fourth-order valence-electron chi connectivity index (χ4n) is 3.71. The standard InChI is InChI=1S/C22H15ClF4/c1-2-11-3-5-14-12(7-11)4-6-15-16(14)10-17(24)20(22(15)27)13-8-18(25)21(23)19(26)9-13/h3,5,7-10H,2,4,6H2,1H3. The Hall–Kier alpha value is -2.33. The highest BCUT2D eigenvalue weighted by Gasteiger charge is 2.26. The molecule has 0 fully saturated rings. The van der Waals surface area contributed by atoms with Crippen LogP contribution >= 0.6 is 11.6 Å². The summed E-state index contributed by atoms with van der Waals surface area (Å²) in [5.41, 5.74) is 3.23. The summed E-state index contributed by atoms with van der Waals surface area (Å²) in [6.45, 7) is 2.05. The van der Waals surface area contributed by atoms with Gasteiger partial charge in [-0.3, -0.25) is 0 Å². The van der Waals surface area contributed by atoms with Gasteiger partial charge in [0.15, 0.2) is 0 Å². The third-order valence-electron chi connectivity index (χ3n) is 5.10. The number of benzene rings is 3. The second kappa shape index (κ2) is 6.68. The molecule has 0 heterocycles. The van der Waals surface area contributed by atoms with Gasteiger partial charge in [-0.25, -0.2) is 17.6 Å². The number of hydrogen-bond acceptors (Lipinski definition) is 0. The van der Waals surface area contributed by atoms with Crippen molar-refractivity contribution in [3.05, 3.63) is 81.4 Å². The molecule has 5 heteroatoms. The first kappa shape index (κ1) is 18.1. The van der Waals surface area contributed by atoms with Crippen molar-refractivity contribution < 1.29 is 17.6 Å². The molecule has 0 radical (unpaired) electrons. The lowest BCUT2D eigenvalue weighted by atomic mass is 9.82. The van der Waals surface area contributed by atoms with E-state index in [4.69, 9.17) is 11.6 Å². The number of rotatable bonds is 2. The molecule has 1 aliphatic carbocycles. The molecule has 138 valence electrons. The smallest absolute Gasteiger partial charge is 0.145 e. The minimum Gasteiger partial charge on any atom is -0.206 e. The van der Waals surface area contributed by atoms with E-state index in [1.54, 1.807) is 0 Å². The summed E-state index contributed by atoms with van der Waals surface area (Å²) >= 11 is 5.48. The summed E-state index contributed by atoms with van der Waals surface area (Å²) in [6, 6.07) is 8.84. The van der Waals surface area contributed by atoms with E-state index in [2.05, 4.69) is 13.0 Å². The van der Waals surface area contributed by atoms with Crippen LogP contribution in [0.15, 0.2) is 36.4 Å². The topological polar surface area (TPSA) is 0 Å². The van der Waals surface area contributed by atoms with Crippen LogP contribution in [-0.4, -0.2) is 0 Å². The lowest BCUT2D eigenvalue weighted by Gasteiger charge is -2.23. The third kappa shape index (κ3) is 2.92. The van der Waals surface area contributed by atoms with Crippen molar-refractivity contribution in [1.82, 2.24) is 0 Å². The molecule has 0 saturated heterocycles. The Labute approximate surface area is 159 Å². The molecule has 3 aromatic rings. The van der Waals surface area contributed by atoms with Crippen molar-refractivity contribution in [3.8, 4) is 22.3 Å². The molecular formula is C22H15ClF4. The molecule has 0 bridgehead atoms. The van der Waals surface area contributed by atoms with E-state index in [9.17, 15) is 13.2 Å². The van der Waals surface area contributed by atoms with E-state index in [0.29, 0.717) is 24.0 Å². The van der Waals surface area contributed by atoms with E-state index < -0.39 is 33.9 Å². The van der Waals surface area contributed by atoms with Gasteiger partial charge < -0.3 is 0 Å². The molecule has 0 atom stereocenters. The van der Waals surface area contributed by atoms with Crippen molar-refractivity contribution in [2.75, 3.05) is 0 Å². The summed E-state index contributed by atoms with van der Waals surface area (Å²) in [7, 11) is 0. The maximum atomic E-state index is 15.2. The fourth-order valence-corrected chi connectivity index (χ4v) is 3.81. The highest BCUT2D eigenvalue weighted by molar-refractivity contribution is 6.31. The molecule has 0 saturated carbocycles. The second-order valence-corrected chi connectivity index (χ2v) is 7.05. The summed E-state index contributed by atoms with van der Waals surface area (Å²) in [6.07, 6.45) is 1.91. The van der Waals surface area contributed by atoms with Gasteiger partial charge in [-0.15, -0.1) is 0 Å². The van der Waals surface area contributed by atoms with Crippen LogP contribution in [0, 0.1) is 23.3 Å². The van der Waals surface area contributed by atoms with Gasteiger partial charge in [0.25, 0.3) is 0 Å². The molecule has 0 spiro atoms. The molecule has 3 aromatic carbocycles. The maximum absolute atomic E-state index is 15.2. The van der Waals surface area contributed by atoms with Crippen molar-refractivity contribution in [1.29, 1.82) is 0 Å². The Morgan fingerprint density at radius 2 is 1.56 bits per heavy atom. The zero-order valence-corrected chi connectivity index (χ0v) is 15.2. The Kier molecular flexibility index (Phi) is 4.47. The Morgan fingerprint density at radius 1 is 0.852 bits per heavy atom. The highest BCUT2D eigenvalue weighted by Crippen LogP contribution is 2.41. The van der Waals surface area contributed by atoms with Gasteiger partial charge in [-0.1, -0.05) is 36.7 Å². The molecule has 0 aliphatic heterocycles. The predicted octanol–water partition coefficient (Wildman–Crippen LogP) is 6.89. The lowest BCUT2D eigenvalue weighted by molar-refractivity contribution is 0.572. The largest absolute Gasteiger partial charge is 0.206 e. The van der Waals surface area contributed by atoms with Gasteiger partial charge in [0.2, 0.25) is 0 Å². The van der Waals surface area contributed by atoms with Crippen molar-refractivity contribution in [3.63, 3.8) is 0 Å². The maximum Gasteiger partial charge on any atom is 0.145 e. The van der Waals surface area contributed by atoms with Crippen LogP contribution in [0.4, 0.5) is 17.6 Å². The van der Waals surface area contributed by atoms with E-state index in [1.165, 1.54) is 11.6 Å². The molecule has 1 aliphatic rings. The first-order valence-electron chi connectivity index (χ1n) is 8.68. The molecule has 4 rings (SSSR count). The first-order valence-corrected chi connectivity index (χ1v) is 9.06. The zero-order chi connectivity index (χ0) is 19.3. The minimum absolute atomic E-state index is 0.209. The summed E-state index contributed by atoms with van der Waals surface area (Å²) in [5, 5.41) is -0.696. The van der Waals surface area contributed by atoms with Crippen LogP contribution in [0.5, 0.6) is 0 Å². The molecular weight excluding hydrogens is 376 g/mol. The molecule has 0 unspecified atom stereocenters. The summed E-state index contributed by atoms with van der Waals surface area (Å²) in [5.74, 6) is -3.75. The van der Waals surface area contributed by atoms with Gasteiger partial charge in [0, 0.05) is 0 Å². The molecule has 27 heavy (non-hydrogen) atoms. The molecule has 0 amide bonds. The van der Waals surface area contributed by atoms with Crippen LogP contribution in [-0.2, 0) is 19.3 Å². The van der Waals surface area contributed by atoms with Gasteiger partial charge in [0.05, 0.1) is 5.56 Å². The molecule has 0 nitrogen and oxygen atoms in total. The molecule has 0 N–H and O–H groups in total. The average Bonchev–Trinajstić information content (AvgIpc) is 2.65. The van der Waals surface area contributed by atoms with E-state index in [0.717, 1.165) is 29.7 Å². The SMILES string of the molecule is CCc1ccc2c(c1)CCc1c-2cc(F)c(-c2cc(F)c(Cl)c(F)c2)c1F. The highest BCUT2D eigenvalue weighted by atomic mass is 35.5. The van der Waals surface area contributed by atoms with Gasteiger partial charge in [-0.05, 0) is 70.8 Å². The second-order valence-electron chi connectivity index (χ2n) is 6.67. The summed E-state index contributed by atoms with van der Waals surface area (Å²) < 4.78 is 57.6. The van der Waals surface area contributed by atoms with Gasteiger partial charge in [0.1, 0.15) is 28.3 Å². The Morgan fingerprint density at radius 3 is 2.22 bits per heavy atom. The monoisotopic (exact) mass is 390 g/mol. The number of fused-ring (bicyclic) bond motifs is 3. The molecule has 0 aromatic heterocycles. The Balaban J connectivity index is 1.92. The van der Waals surface area contributed by atoms with E-state index in [-0.39, 0.29) is 5.56 Å². The third-order valence-corrected chi connectivity index (χ3v) is 5.47. The van der Waals surface area contributed by atoms with Crippen LogP contribution in [0.2, 0.25) is 5.02 Å². The van der Waals surface area contributed by atoms with Gasteiger partial charge in [-0.2, -0.15) is 0 Å².